The number of hydrogen-bond acceptors (Lipinski definition) is 4. The molecule has 6 heteroatoms. The molecule has 0 aliphatic heterocycles. The number of carbonyl (C=O) groups excluding carboxylic acids is 1. The number of nitrogens with zero attached hydrogens (tertiary/aromatic N) is 3. The van der Waals surface area contributed by atoms with Crippen molar-refractivity contribution in [3.63, 3.8) is 0 Å². The average Bonchev–Trinajstić information content (AvgIpc) is 3.12. The van der Waals surface area contributed by atoms with Gasteiger partial charge in [0.05, 0.1) is 19.3 Å². The fourth-order valence-electron chi connectivity index (χ4n) is 3.67. The highest BCUT2D eigenvalue weighted by Gasteiger charge is 2.13. The Balaban J connectivity index is 1.45. The van der Waals surface area contributed by atoms with Crippen molar-refractivity contribution < 1.29 is 9.53 Å². The molecule has 1 N–H and O–H groups in total. The standard InChI is InChI=1S/C25H26N4O2/c1-18-13-14-22(31-2)21(16-18)28-24(30)12-6-11-23-27-20-10-7-15-26-25(20)29(23)17-19-8-4-3-5-9-19/h3-5,7-10,13-16H,6,11-12,17H2,1-2H3,(H,28,30). The van der Waals surface area contributed by atoms with E-state index in [2.05, 4.69) is 27.0 Å². The van der Waals surface area contributed by atoms with E-state index in [9.17, 15) is 4.79 Å². The summed E-state index contributed by atoms with van der Waals surface area (Å²) in [6.45, 7) is 2.69. The highest BCUT2D eigenvalue weighted by Crippen LogP contribution is 2.25. The smallest absolute Gasteiger partial charge is 0.224 e. The van der Waals surface area contributed by atoms with Gasteiger partial charge in [-0.2, -0.15) is 0 Å². The number of aromatic nitrogens is 3. The van der Waals surface area contributed by atoms with Crippen LogP contribution in [-0.4, -0.2) is 27.6 Å². The first kappa shape index (κ1) is 20.6. The highest BCUT2D eigenvalue weighted by atomic mass is 16.5. The van der Waals surface area contributed by atoms with Gasteiger partial charge in [-0.3, -0.25) is 4.79 Å². The number of anilines is 1. The third-order valence-electron chi connectivity index (χ3n) is 5.20. The van der Waals surface area contributed by atoms with Crippen LogP contribution in [0.2, 0.25) is 0 Å². The van der Waals surface area contributed by atoms with Crippen molar-refractivity contribution in [2.75, 3.05) is 12.4 Å². The third-order valence-corrected chi connectivity index (χ3v) is 5.20. The van der Waals surface area contributed by atoms with Crippen LogP contribution in [-0.2, 0) is 17.8 Å². The number of rotatable bonds is 8. The molecule has 0 saturated carbocycles. The molecule has 4 rings (SSSR count). The van der Waals surface area contributed by atoms with Crippen molar-refractivity contribution >= 4 is 22.8 Å². The van der Waals surface area contributed by atoms with Gasteiger partial charge in [0.1, 0.15) is 17.1 Å². The van der Waals surface area contributed by atoms with Crippen LogP contribution >= 0.6 is 0 Å². The van der Waals surface area contributed by atoms with E-state index in [0.29, 0.717) is 37.2 Å². The zero-order valence-corrected chi connectivity index (χ0v) is 17.8. The van der Waals surface area contributed by atoms with Crippen LogP contribution in [0.1, 0.15) is 29.8 Å². The molecule has 0 fully saturated rings. The molecule has 1 amide bonds. The number of ether oxygens (including phenoxy) is 1. The Morgan fingerprint density at radius 2 is 1.94 bits per heavy atom. The lowest BCUT2D eigenvalue weighted by molar-refractivity contribution is -0.116. The van der Waals surface area contributed by atoms with Gasteiger partial charge >= 0.3 is 0 Å². The first-order valence-corrected chi connectivity index (χ1v) is 10.4. The fourth-order valence-corrected chi connectivity index (χ4v) is 3.67. The number of benzene rings is 2. The lowest BCUT2D eigenvalue weighted by Gasteiger charge is -2.11. The van der Waals surface area contributed by atoms with Crippen LogP contribution in [0.4, 0.5) is 5.69 Å². The molecule has 4 aromatic rings. The van der Waals surface area contributed by atoms with Gasteiger partial charge in [-0.1, -0.05) is 36.4 Å². The number of carbonyl (C=O) groups is 1. The SMILES string of the molecule is COc1ccc(C)cc1NC(=O)CCCc1nc2cccnc2n1Cc1ccccc1. The summed E-state index contributed by atoms with van der Waals surface area (Å²) in [6.07, 6.45) is 3.58. The minimum Gasteiger partial charge on any atom is -0.495 e. The van der Waals surface area contributed by atoms with E-state index in [1.54, 1.807) is 13.3 Å². The van der Waals surface area contributed by atoms with E-state index in [4.69, 9.17) is 9.72 Å². The van der Waals surface area contributed by atoms with Crippen molar-refractivity contribution in [1.82, 2.24) is 14.5 Å². The second-order valence-corrected chi connectivity index (χ2v) is 7.55. The predicted octanol–water partition coefficient (Wildman–Crippen LogP) is 4.76. The van der Waals surface area contributed by atoms with Crippen molar-refractivity contribution in [3.05, 3.63) is 83.8 Å². The van der Waals surface area contributed by atoms with Crippen LogP contribution in [0.3, 0.4) is 0 Å². The molecule has 0 saturated heterocycles. The minimum atomic E-state index is -0.0345. The molecule has 158 valence electrons. The Kier molecular flexibility index (Phi) is 6.26. The highest BCUT2D eigenvalue weighted by molar-refractivity contribution is 5.92. The lowest BCUT2D eigenvalue weighted by atomic mass is 10.2. The number of fused-ring (bicyclic) bond motifs is 1. The second-order valence-electron chi connectivity index (χ2n) is 7.55. The topological polar surface area (TPSA) is 69.0 Å². The van der Waals surface area contributed by atoms with Gasteiger partial charge in [-0.25, -0.2) is 9.97 Å². The molecule has 31 heavy (non-hydrogen) atoms. The zero-order valence-electron chi connectivity index (χ0n) is 17.8. The number of imidazole rings is 1. The number of methoxy groups -OCH3 is 1. The molecule has 0 spiro atoms. The monoisotopic (exact) mass is 414 g/mol. The fraction of sp³-hybridized carbons (Fsp3) is 0.240. The Morgan fingerprint density at radius 3 is 2.74 bits per heavy atom. The summed E-state index contributed by atoms with van der Waals surface area (Å²) in [5.41, 5.74) is 4.71. The van der Waals surface area contributed by atoms with E-state index in [0.717, 1.165) is 22.6 Å². The van der Waals surface area contributed by atoms with Gasteiger partial charge in [-0.05, 0) is 48.7 Å². The van der Waals surface area contributed by atoms with Crippen LogP contribution < -0.4 is 10.1 Å². The van der Waals surface area contributed by atoms with Crippen LogP contribution in [0, 0.1) is 6.92 Å². The predicted molar refractivity (Wildman–Crippen MR) is 122 cm³/mol. The first-order valence-electron chi connectivity index (χ1n) is 10.4. The second kappa shape index (κ2) is 9.43. The summed E-state index contributed by atoms with van der Waals surface area (Å²) < 4.78 is 7.49. The van der Waals surface area contributed by atoms with Gasteiger partial charge in [0.2, 0.25) is 5.91 Å². The summed E-state index contributed by atoms with van der Waals surface area (Å²) >= 11 is 0. The van der Waals surface area contributed by atoms with E-state index >= 15 is 0 Å². The van der Waals surface area contributed by atoms with E-state index < -0.39 is 0 Å². The van der Waals surface area contributed by atoms with Crippen LogP contribution in [0.5, 0.6) is 5.75 Å². The first-order chi connectivity index (χ1) is 15.1. The Morgan fingerprint density at radius 1 is 1.10 bits per heavy atom. The van der Waals surface area contributed by atoms with E-state index in [1.807, 2.05) is 55.5 Å². The average molecular weight is 415 g/mol. The van der Waals surface area contributed by atoms with Crippen molar-refractivity contribution in [2.24, 2.45) is 0 Å². The molecule has 0 aliphatic carbocycles. The van der Waals surface area contributed by atoms with Crippen molar-refractivity contribution in [1.29, 1.82) is 0 Å². The molecule has 0 radical (unpaired) electrons. The Hall–Kier alpha value is -3.67. The quantitative estimate of drug-likeness (QED) is 0.451. The Bertz CT molecular complexity index is 1180. The molecule has 6 nitrogen and oxygen atoms in total. The van der Waals surface area contributed by atoms with Gasteiger partial charge in [0.15, 0.2) is 5.65 Å². The molecular weight excluding hydrogens is 388 g/mol. The summed E-state index contributed by atoms with van der Waals surface area (Å²) in [5, 5.41) is 2.97. The molecule has 0 atom stereocenters. The van der Waals surface area contributed by atoms with E-state index in [-0.39, 0.29) is 5.91 Å². The number of aryl methyl sites for hydroxylation is 2. The minimum absolute atomic E-state index is 0.0345. The number of pyridine rings is 1. The van der Waals surface area contributed by atoms with Gasteiger partial charge in [0.25, 0.3) is 0 Å². The lowest BCUT2D eigenvalue weighted by Crippen LogP contribution is -2.13. The van der Waals surface area contributed by atoms with Crippen LogP contribution in [0.15, 0.2) is 66.9 Å². The summed E-state index contributed by atoms with van der Waals surface area (Å²) in [5.74, 6) is 1.57. The molecule has 0 bridgehead atoms. The molecule has 2 aromatic carbocycles. The zero-order chi connectivity index (χ0) is 21.6. The largest absolute Gasteiger partial charge is 0.495 e. The maximum Gasteiger partial charge on any atom is 0.224 e. The summed E-state index contributed by atoms with van der Waals surface area (Å²) in [6, 6.07) is 19.9. The maximum absolute atomic E-state index is 12.5. The number of amides is 1. The van der Waals surface area contributed by atoms with Crippen LogP contribution in [0.25, 0.3) is 11.2 Å². The van der Waals surface area contributed by atoms with Gasteiger partial charge in [0, 0.05) is 19.0 Å². The summed E-state index contributed by atoms with van der Waals surface area (Å²) in [7, 11) is 1.60. The normalized spacial score (nSPS) is 10.9. The molecule has 0 unspecified atom stereocenters. The van der Waals surface area contributed by atoms with Crippen molar-refractivity contribution in [3.8, 4) is 5.75 Å². The molecule has 2 aromatic heterocycles. The third kappa shape index (κ3) is 4.91. The van der Waals surface area contributed by atoms with Gasteiger partial charge in [-0.15, -0.1) is 0 Å². The Labute approximate surface area is 181 Å². The van der Waals surface area contributed by atoms with Crippen molar-refractivity contribution in [2.45, 2.75) is 32.7 Å². The number of hydrogen-bond donors (Lipinski definition) is 1. The van der Waals surface area contributed by atoms with E-state index in [1.165, 1.54) is 5.56 Å². The maximum atomic E-state index is 12.5. The molecular formula is C25H26N4O2. The van der Waals surface area contributed by atoms with Gasteiger partial charge < -0.3 is 14.6 Å². The summed E-state index contributed by atoms with van der Waals surface area (Å²) in [4.78, 5) is 21.8. The molecule has 0 aliphatic rings. The number of nitrogens with one attached hydrogen (secondary N) is 1. The molecule has 2 heterocycles.